The molecule has 0 aromatic heterocycles. The summed E-state index contributed by atoms with van der Waals surface area (Å²) in [5, 5.41) is 6.64. The number of hydrogen-bond acceptors (Lipinski definition) is 3. The van der Waals surface area contributed by atoms with E-state index in [-0.39, 0.29) is 5.91 Å². The van der Waals surface area contributed by atoms with Gasteiger partial charge in [-0.2, -0.15) is 0 Å². The van der Waals surface area contributed by atoms with Crippen molar-refractivity contribution in [3.8, 4) is 0 Å². The normalized spacial score (nSPS) is 24.3. The number of carbonyl (C=O) groups excluding carboxylic acids is 1. The Morgan fingerprint density at radius 2 is 2.23 bits per heavy atom. The molecule has 1 heterocycles. The Morgan fingerprint density at radius 1 is 1.54 bits per heavy atom. The number of hydrogen-bond donors (Lipinski definition) is 3. The number of rotatable bonds is 3. The summed E-state index contributed by atoms with van der Waals surface area (Å²) in [6, 6.07) is 0.372. The molecule has 0 saturated carbocycles. The number of nitrogens with two attached hydrogens (primary N) is 1. The van der Waals surface area contributed by atoms with Gasteiger partial charge >= 0.3 is 0 Å². The topological polar surface area (TPSA) is 67.2 Å². The van der Waals surface area contributed by atoms with E-state index in [9.17, 15) is 4.79 Å². The van der Waals surface area contributed by atoms with Gasteiger partial charge < -0.3 is 16.4 Å². The van der Waals surface area contributed by atoms with E-state index in [4.69, 9.17) is 5.73 Å². The van der Waals surface area contributed by atoms with E-state index in [1.165, 1.54) is 0 Å². The lowest BCUT2D eigenvalue weighted by atomic mass is 9.84. The number of primary amides is 1. The van der Waals surface area contributed by atoms with Gasteiger partial charge in [-0.15, -0.1) is 0 Å². The number of amides is 1. The van der Waals surface area contributed by atoms with E-state index in [0.29, 0.717) is 6.04 Å². The molecule has 0 unspecified atom stereocenters. The highest BCUT2D eigenvalue weighted by Gasteiger charge is 2.29. The molecule has 1 aliphatic heterocycles. The highest BCUT2D eigenvalue weighted by Crippen LogP contribution is 2.21. The van der Waals surface area contributed by atoms with Gasteiger partial charge in [0.15, 0.2) is 0 Å². The second-order valence-corrected chi connectivity index (χ2v) is 4.31. The summed E-state index contributed by atoms with van der Waals surface area (Å²) in [5.74, 6) is -0.222. The van der Waals surface area contributed by atoms with Crippen molar-refractivity contribution in [1.82, 2.24) is 10.6 Å². The van der Waals surface area contributed by atoms with Crippen LogP contribution in [0.1, 0.15) is 20.3 Å². The maximum Gasteiger partial charge on any atom is 0.223 e. The Balaban J connectivity index is 2.41. The van der Waals surface area contributed by atoms with Gasteiger partial charge in [0.25, 0.3) is 0 Å². The maximum absolute atomic E-state index is 11.1. The van der Waals surface area contributed by atoms with Gasteiger partial charge in [-0.3, -0.25) is 4.79 Å². The van der Waals surface area contributed by atoms with Crippen LogP contribution in [0.15, 0.2) is 0 Å². The molecular formula is C9H19N3O. The van der Waals surface area contributed by atoms with Crippen LogP contribution in [0.5, 0.6) is 0 Å². The zero-order valence-corrected chi connectivity index (χ0v) is 8.39. The van der Waals surface area contributed by atoms with Gasteiger partial charge in [0.2, 0.25) is 5.91 Å². The zero-order valence-electron chi connectivity index (χ0n) is 8.39. The fourth-order valence-corrected chi connectivity index (χ4v) is 1.57. The quantitative estimate of drug-likeness (QED) is 0.552. The molecule has 0 aromatic carbocycles. The molecule has 13 heavy (non-hydrogen) atoms. The summed E-state index contributed by atoms with van der Waals surface area (Å²) >= 11 is 0. The third-order valence-corrected chi connectivity index (χ3v) is 2.55. The molecule has 4 heteroatoms. The van der Waals surface area contributed by atoms with E-state index >= 15 is 0 Å². The van der Waals surface area contributed by atoms with Crippen molar-refractivity contribution < 1.29 is 4.79 Å². The first kappa shape index (κ1) is 10.5. The maximum atomic E-state index is 11.1. The van der Waals surface area contributed by atoms with Crippen LogP contribution in [0.2, 0.25) is 0 Å². The first-order chi connectivity index (χ1) is 6.02. The van der Waals surface area contributed by atoms with Crippen LogP contribution in [0, 0.1) is 5.41 Å². The molecule has 1 rings (SSSR count). The molecule has 1 fully saturated rings. The first-order valence-electron chi connectivity index (χ1n) is 4.76. The Morgan fingerprint density at radius 3 is 2.69 bits per heavy atom. The van der Waals surface area contributed by atoms with Crippen molar-refractivity contribution in [1.29, 1.82) is 0 Å². The van der Waals surface area contributed by atoms with Gasteiger partial charge in [-0.25, -0.2) is 0 Å². The molecule has 1 aliphatic rings. The zero-order chi connectivity index (χ0) is 9.90. The third-order valence-electron chi connectivity index (χ3n) is 2.55. The number of nitrogens with one attached hydrogen (secondary N) is 2. The smallest absolute Gasteiger partial charge is 0.223 e. The first-order valence-corrected chi connectivity index (χ1v) is 4.76. The Bertz CT molecular complexity index is 185. The predicted octanol–water partition coefficient (Wildman–Crippen LogP) is -0.551. The fraction of sp³-hybridized carbons (Fsp3) is 0.889. The lowest BCUT2D eigenvalue weighted by Crippen LogP contribution is -2.51. The third kappa shape index (κ3) is 2.97. The summed E-state index contributed by atoms with van der Waals surface area (Å²) in [4.78, 5) is 11.1. The Hall–Kier alpha value is -0.610. The molecule has 4 N–H and O–H groups in total. The number of piperazine rings is 1. The van der Waals surface area contributed by atoms with Crippen LogP contribution in [-0.2, 0) is 4.79 Å². The lowest BCUT2D eigenvalue weighted by Gasteiger charge is -2.30. The van der Waals surface area contributed by atoms with E-state index in [2.05, 4.69) is 10.6 Å². The minimum absolute atomic E-state index is 0.222. The van der Waals surface area contributed by atoms with Gasteiger partial charge in [-0.1, -0.05) is 13.8 Å². The van der Waals surface area contributed by atoms with Crippen LogP contribution in [0.4, 0.5) is 0 Å². The Kier molecular flexibility index (Phi) is 3.27. The summed E-state index contributed by atoms with van der Waals surface area (Å²) in [7, 11) is 0. The van der Waals surface area contributed by atoms with Crippen molar-refractivity contribution in [3.63, 3.8) is 0 Å². The van der Waals surface area contributed by atoms with Crippen molar-refractivity contribution in [2.45, 2.75) is 26.3 Å². The van der Waals surface area contributed by atoms with Crippen LogP contribution >= 0.6 is 0 Å². The molecule has 0 radical (unpaired) electrons. The van der Waals surface area contributed by atoms with Crippen molar-refractivity contribution in [2.75, 3.05) is 19.6 Å². The van der Waals surface area contributed by atoms with Gasteiger partial charge in [-0.05, 0) is 6.42 Å². The minimum Gasteiger partial charge on any atom is -0.369 e. The van der Waals surface area contributed by atoms with Crippen molar-refractivity contribution in [2.24, 2.45) is 11.1 Å². The van der Waals surface area contributed by atoms with E-state index in [1.807, 2.05) is 13.8 Å². The molecule has 4 nitrogen and oxygen atoms in total. The van der Waals surface area contributed by atoms with E-state index in [1.54, 1.807) is 0 Å². The van der Waals surface area contributed by atoms with E-state index < -0.39 is 5.41 Å². The largest absolute Gasteiger partial charge is 0.369 e. The summed E-state index contributed by atoms with van der Waals surface area (Å²) in [5.41, 5.74) is 4.89. The van der Waals surface area contributed by atoms with Crippen LogP contribution < -0.4 is 16.4 Å². The molecule has 0 spiro atoms. The Labute approximate surface area is 79.3 Å². The average Bonchev–Trinajstić information content (AvgIpc) is 2.05. The summed E-state index contributed by atoms with van der Waals surface area (Å²) in [6.45, 7) is 6.70. The molecule has 76 valence electrons. The minimum atomic E-state index is -0.406. The van der Waals surface area contributed by atoms with Crippen molar-refractivity contribution >= 4 is 5.91 Å². The van der Waals surface area contributed by atoms with Gasteiger partial charge in [0, 0.05) is 31.1 Å². The highest BCUT2D eigenvalue weighted by atomic mass is 16.1. The van der Waals surface area contributed by atoms with Crippen LogP contribution in [0.3, 0.4) is 0 Å². The second-order valence-electron chi connectivity index (χ2n) is 4.31. The summed E-state index contributed by atoms with van der Waals surface area (Å²) in [6.07, 6.45) is 0.801. The molecule has 0 aliphatic carbocycles. The lowest BCUT2D eigenvalue weighted by molar-refractivity contribution is -0.126. The van der Waals surface area contributed by atoms with E-state index in [0.717, 1.165) is 26.1 Å². The van der Waals surface area contributed by atoms with Gasteiger partial charge in [0.1, 0.15) is 0 Å². The molecule has 0 bridgehead atoms. The fourth-order valence-electron chi connectivity index (χ4n) is 1.57. The average molecular weight is 185 g/mol. The molecule has 1 atom stereocenters. The molecule has 1 saturated heterocycles. The SMILES string of the molecule is CC(C)(C[C@H]1CNCCN1)C(N)=O. The van der Waals surface area contributed by atoms with Gasteiger partial charge in [0.05, 0.1) is 0 Å². The monoisotopic (exact) mass is 185 g/mol. The van der Waals surface area contributed by atoms with Crippen LogP contribution in [0.25, 0.3) is 0 Å². The van der Waals surface area contributed by atoms with Crippen LogP contribution in [-0.4, -0.2) is 31.6 Å². The second kappa shape index (κ2) is 4.07. The molecule has 0 aromatic rings. The molecule has 1 amide bonds. The standard InChI is InChI=1S/C9H19N3O/c1-9(2,8(10)13)5-7-6-11-3-4-12-7/h7,11-12H,3-6H2,1-2H3,(H2,10,13)/t7-/m0/s1. The van der Waals surface area contributed by atoms with Crippen molar-refractivity contribution in [3.05, 3.63) is 0 Å². The molecular weight excluding hydrogens is 166 g/mol. The predicted molar refractivity (Wildman–Crippen MR) is 52.3 cm³/mol. The highest BCUT2D eigenvalue weighted by molar-refractivity contribution is 5.79. The number of carbonyl (C=O) groups is 1. The summed E-state index contributed by atoms with van der Waals surface area (Å²) < 4.78 is 0.